The Kier molecular flexibility index (Phi) is 5.76. The Labute approximate surface area is 131 Å². The molecule has 1 aromatic heterocycles. The molecule has 1 aliphatic carbocycles. The molecular weight excluding hydrogens is 306 g/mol. The Hall–Kier alpha value is -0.500. The number of aromatic nitrogens is 1. The molecule has 0 unspecified atom stereocenters. The first-order valence-corrected chi connectivity index (χ1v) is 10.1. The van der Waals surface area contributed by atoms with Gasteiger partial charge in [-0.1, -0.05) is 19.3 Å². The highest BCUT2D eigenvalue weighted by molar-refractivity contribution is 8.00. The highest BCUT2D eigenvalue weighted by Gasteiger charge is 2.32. The van der Waals surface area contributed by atoms with Gasteiger partial charge in [0.1, 0.15) is 0 Å². The summed E-state index contributed by atoms with van der Waals surface area (Å²) >= 11 is 1.80. The van der Waals surface area contributed by atoms with Crippen molar-refractivity contribution in [3.63, 3.8) is 0 Å². The van der Waals surface area contributed by atoms with Gasteiger partial charge >= 0.3 is 0 Å². The van der Waals surface area contributed by atoms with E-state index in [4.69, 9.17) is 0 Å². The summed E-state index contributed by atoms with van der Waals surface area (Å²) in [4.78, 5) is 3.31. The van der Waals surface area contributed by atoms with Crippen LogP contribution in [0.2, 0.25) is 0 Å². The normalized spacial score (nSPS) is 18.8. The molecule has 0 amide bonds. The summed E-state index contributed by atoms with van der Waals surface area (Å²) in [7, 11) is -1.60. The monoisotopic (exact) mass is 331 g/mol. The maximum Gasteiger partial charge on any atom is 0.242 e. The number of nitrogens with one attached hydrogen (secondary N) is 3. The Morgan fingerprint density at radius 2 is 2.05 bits per heavy atom. The topological polar surface area (TPSA) is 74.0 Å². The minimum atomic E-state index is -3.43. The number of hydrogen-bond acceptors (Lipinski definition) is 4. The van der Waals surface area contributed by atoms with Gasteiger partial charge in [-0.2, -0.15) is 11.8 Å². The zero-order chi connectivity index (χ0) is 15.3. The van der Waals surface area contributed by atoms with Gasteiger partial charge in [-0.15, -0.1) is 0 Å². The molecule has 1 aliphatic rings. The van der Waals surface area contributed by atoms with E-state index in [2.05, 4.69) is 21.3 Å². The number of H-pyrrole nitrogens is 1. The molecule has 3 N–H and O–H groups in total. The second-order valence-electron chi connectivity index (χ2n) is 5.66. The van der Waals surface area contributed by atoms with Crippen LogP contribution >= 0.6 is 11.8 Å². The summed E-state index contributed by atoms with van der Waals surface area (Å²) < 4.78 is 27.6. The average Bonchev–Trinajstić information content (AvgIpc) is 2.96. The van der Waals surface area contributed by atoms with Gasteiger partial charge in [-0.3, -0.25) is 0 Å². The van der Waals surface area contributed by atoms with Gasteiger partial charge in [-0.25, -0.2) is 13.1 Å². The zero-order valence-electron chi connectivity index (χ0n) is 12.7. The summed E-state index contributed by atoms with van der Waals surface area (Å²) in [5.41, 5.74) is 0.870. The molecule has 1 aromatic rings. The molecule has 0 spiro atoms. The van der Waals surface area contributed by atoms with Crippen molar-refractivity contribution in [2.24, 2.45) is 0 Å². The lowest BCUT2D eigenvalue weighted by Crippen LogP contribution is -2.41. The van der Waals surface area contributed by atoms with Crippen molar-refractivity contribution in [3.8, 4) is 0 Å². The highest BCUT2D eigenvalue weighted by Crippen LogP contribution is 2.38. The molecule has 0 radical (unpaired) electrons. The third kappa shape index (κ3) is 4.25. The van der Waals surface area contributed by atoms with E-state index in [9.17, 15) is 8.42 Å². The molecule has 1 heterocycles. The lowest BCUT2D eigenvalue weighted by molar-refractivity contribution is 0.395. The Balaban J connectivity index is 2.02. The first kappa shape index (κ1) is 16.9. The molecule has 0 atom stereocenters. The Morgan fingerprint density at radius 1 is 1.33 bits per heavy atom. The molecule has 0 aliphatic heterocycles. The molecule has 5 nitrogen and oxygen atoms in total. The third-order valence-corrected chi connectivity index (χ3v) is 6.98. The van der Waals surface area contributed by atoms with E-state index in [1.807, 2.05) is 7.05 Å². The standard InChI is InChI=1S/C14H25N3O2S2/c1-15-9-12-8-13(10-16-12)21(18,19)17-11-14(20-2)6-4-3-5-7-14/h8,10,15-17H,3-7,9,11H2,1-2H3. The van der Waals surface area contributed by atoms with Crippen molar-refractivity contribution in [1.29, 1.82) is 0 Å². The van der Waals surface area contributed by atoms with Gasteiger partial charge < -0.3 is 10.3 Å². The van der Waals surface area contributed by atoms with Crippen molar-refractivity contribution in [1.82, 2.24) is 15.0 Å². The summed E-state index contributed by atoms with van der Waals surface area (Å²) in [6.45, 7) is 1.15. The second kappa shape index (κ2) is 7.17. The van der Waals surface area contributed by atoms with Crippen LogP contribution < -0.4 is 10.0 Å². The van der Waals surface area contributed by atoms with Crippen LogP contribution in [0.5, 0.6) is 0 Å². The van der Waals surface area contributed by atoms with Crippen LogP contribution in [0.25, 0.3) is 0 Å². The first-order chi connectivity index (χ1) is 10.0. The molecule has 1 fully saturated rings. The van der Waals surface area contributed by atoms with E-state index in [1.54, 1.807) is 24.0 Å². The number of hydrogen-bond donors (Lipinski definition) is 3. The van der Waals surface area contributed by atoms with Crippen molar-refractivity contribution in [2.75, 3.05) is 19.8 Å². The van der Waals surface area contributed by atoms with Gasteiger partial charge in [0.05, 0.1) is 4.90 Å². The summed E-state index contributed by atoms with van der Waals surface area (Å²) in [6.07, 6.45) is 9.48. The van der Waals surface area contributed by atoms with Crippen LogP contribution in [0.15, 0.2) is 17.2 Å². The lowest BCUT2D eigenvalue weighted by Gasteiger charge is -2.35. The van der Waals surface area contributed by atoms with E-state index in [0.717, 1.165) is 18.5 Å². The lowest BCUT2D eigenvalue weighted by atomic mass is 9.88. The van der Waals surface area contributed by atoms with Crippen molar-refractivity contribution >= 4 is 21.8 Å². The van der Waals surface area contributed by atoms with Gasteiger partial charge in [0.25, 0.3) is 0 Å². The molecule has 1 saturated carbocycles. The molecule has 0 bridgehead atoms. The highest BCUT2D eigenvalue weighted by atomic mass is 32.2. The van der Waals surface area contributed by atoms with Crippen molar-refractivity contribution < 1.29 is 8.42 Å². The zero-order valence-corrected chi connectivity index (χ0v) is 14.4. The van der Waals surface area contributed by atoms with Gasteiger partial charge in [0.2, 0.25) is 10.0 Å². The number of sulfonamides is 1. The fourth-order valence-corrected chi connectivity index (χ4v) is 4.97. The molecule has 0 saturated heterocycles. The van der Waals surface area contributed by atoms with Crippen LogP contribution in [-0.4, -0.2) is 38.0 Å². The molecule has 2 rings (SSSR count). The van der Waals surface area contributed by atoms with E-state index in [1.165, 1.54) is 19.3 Å². The minimum Gasteiger partial charge on any atom is -0.363 e. The molecule has 0 aromatic carbocycles. The SMILES string of the molecule is CNCc1cc(S(=O)(=O)NCC2(SC)CCCCC2)c[nH]1. The van der Waals surface area contributed by atoms with E-state index >= 15 is 0 Å². The van der Waals surface area contributed by atoms with Crippen molar-refractivity contribution in [2.45, 2.75) is 48.3 Å². The summed E-state index contributed by atoms with van der Waals surface area (Å²) in [6, 6.07) is 1.69. The predicted molar refractivity (Wildman–Crippen MR) is 88.1 cm³/mol. The Morgan fingerprint density at radius 3 is 2.67 bits per heavy atom. The fraction of sp³-hybridized carbons (Fsp3) is 0.714. The molecule has 21 heavy (non-hydrogen) atoms. The van der Waals surface area contributed by atoms with E-state index in [0.29, 0.717) is 18.0 Å². The van der Waals surface area contributed by atoms with Gasteiger partial charge in [0.15, 0.2) is 0 Å². The predicted octanol–water partition coefficient (Wildman–Crippen LogP) is 2.08. The third-order valence-electron chi connectivity index (χ3n) is 4.18. The minimum absolute atomic E-state index is 0.0649. The number of aromatic amines is 1. The fourth-order valence-electron chi connectivity index (χ4n) is 2.83. The van der Waals surface area contributed by atoms with Gasteiger partial charge in [0, 0.05) is 29.7 Å². The largest absolute Gasteiger partial charge is 0.363 e. The smallest absolute Gasteiger partial charge is 0.242 e. The van der Waals surface area contributed by atoms with E-state index < -0.39 is 10.0 Å². The maximum absolute atomic E-state index is 12.4. The van der Waals surface area contributed by atoms with Crippen LogP contribution in [0, 0.1) is 0 Å². The Bertz CT molecular complexity index is 548. The van der Waals surface area contributed by atoms with Crippen LogP contribution in [-0.2, 0) is 16.6 Å². The average molecular weight is 332 g/mol. The van der Waals surface area contributed by atoms with Crippen LogP contribution in [0.4, 0.5) is 0 Å². The summed E-state index contributed by atoms with van der Waals surface area (Å²) in [5.74, 6) is 0. The number of rotatable bonds is 7. The quantitative estimate of drug-likeness (QED) is 0.715. The molecular formula is C14H25N3O2S2. The second-order valence-corrected chi connectivity index (χ2v) is 8.70. The van der Waals surface area contributed by atoms with E-state index in [-0.39, 0.29) is 4.75 Å². The van der Waals surface area contributed by atoms with Crippen molar-refractivity contribution in [3.05, 3.63) is 18.0 Å². The van der Waals surface area contributed by atoms with Crippen LogP contribution in [0.1, 0.15) is 37.8 Å². The van der Waals surface area contributed by atoms with Gasteiger partial charge in [-0.05, 0) is 32.2 Å². The molecule has 7 heteroatoms. The maximum atomic E-state index is 12.4. The first-order valence-electron chi connectivity index (χ1n) is 7.38. The number of thioether (sulfide) groups is 1. The van der Waals surface area contributed by atoms with Crippen LogP contribution in [0.3, 0.4) is 0 Å². The summed E-state index contributed by atoms with van der Waals surface area (Å²) in [5, 5.41) is 3.00. The molecule has 120 valence electrons.